The number of hydrogen-bond acceptors (Lipinski definition) is 1. The van der Waals surface area contributed by atoms with Gasteiger partial charge >= 0.3 is 37.7 Å². The molecule has 4 heavy (non-hydrogen) atoms. The predicted octanol–water partition coefficient (Wildman–Crippen LogP) is -1.16. The number of rotatable bonds is 0. The van der Waals surface area contributed by atoms with Crippen molar-refractivity contribution >= 4 is 37.7 Å². The van der Waals surface area contributed by atoms with Crippen LogP contribution in [0.2, 0.25) is 0 Å². The van der Waals surface area contributed by atoms with Gasteiger partial charge < -0.3 is 17.1 Å². The van der Waals surface area contributed by atoms with Crippen LogP contribution in [0, 0.1) is 0 Å². The third kappa shape index (κ3) is 11.1. The monoisotopic (exact) mass is 91.0 g/mol. The van der Waals surface area contributed by atoms with Crippen molar-refractivity contribution < 1.29 is 11.0 Å². The molecule has 24 valence electrons. The summed E-state index contributed by atoms with van der Waals surface area (Å²) in [5, 5.41) is 0. The Balaban J connectivity index is 0. The van der Waals surface area contributed by atoms with Crippen LogP contribution in [0.1, 0.15) is 0 Å². The Morgan fingerprint density at radius 2 is 1.00 bits per heavy atom. The predicted molar refractivity (Wildman–Crippen MR) is 15.1 cm³/mol. The molecule has 0 aromatic heterocycles. The number of hydrogen-bond donors (Lipinski definition) is 1. The fraction of sp³-hybridized carbons (Fsp3) is 0. The zero-order valence-corrected chi connectivity index (χ0v) is 4.53. The zero-order chi connectivity index (χ0) is 0. The van der Waals surface area contributed by atoms with Crippen LogP contribution in [-0.4, -0.2) is 43.2 Å². The molecule has 3 nitrogen and oxygen atoms in total. The van der Waals surface area contributed by atoms with E-state index in [0.717, 1.165) is 0 Å². The van der Waals surface area contributed by atoms with Crippen LogP contribution in [-0.2, 0) is 5.48 Å². The molecule has 0 fully saturated rings. The minimum absolute atomic E-state index is 0. The summed E-state index contributed by atoms with van der Waals surface area (Å²) in [7, 11) is 0. The van der Waals surface area contributed by atoms with Gasteiger partial charge in [0.25, 0.3) is 0 Å². The molecule has 0 aliphatic rings. The molecule has 0 atom stereocenters. The van der Waals surface area contributed by atoms with Crippen LogP contribution >= 0.6 is 0 Å². The van der Waals surface area contributed by atoms with E-state index in [1.165, 1.54) is 0 Å². The minimum Gasteiger partial charge on any atom is -2.00 e. The Kier molecular flexibility index (Phi) is 533. The van der Waals surface area contributed by atoms with E-state index in [4.69, 9.17) is 0 Å². The molecular weight excluding hydrogens is 86.1 g/mol. The molecular formula is H5CaNO2. The molecule has 5 N–H and O–H groups in total. The molecule has 0 unspecified atom stereocenters. The molecule has 0 saturated heterocycles. The molecule has 0 aliphatic carbocycles. The molecule has 0 heterocycles. The van der Waals surface area contributed by atoms with Gasteiger partial charge in [0.15, 0.2) is 0 Å². The first-order valence-corrected chi connectivity index (χ1v) is 0. The molecule has 0 rings (SSSR count). The standard InChI is InChI=1S/Ca.H3N.H2O.O/h;1H3;1H2;/q+2;;;-2. The third-order valence-electron chi connectivity index (χ3n) is 0. The Bertz CT molecular complexity index is 6.00. The quantitative estimate of drug-likeness (QED) is 0.374. The van der Waals surface area contributed by atoms with Gasteiger partial charge in [0.2, 0.25) is 0 Å². The second-order valence-electron chi connectivity index (χ2n) is 0. The van der Waals surface area contributed by atoms with Crippen molar-refractivity contribution in [2.75, 3.05) is 0 Å². The van der Waals surface area contributed by atoms with Gasteiger partial charge in [-0.25, -0.2) is 0 Å². The second-order valence-corrected chi connectivity index (χ2v) is 0. The summed E-state index contributed by atoms with van der Waals surface area (Å²) in [6.45, 7) is 0. The fourth-order valence-corrected chi connectivity index (χ4v) is 0. The summed E-state index contributed by atoms with van der Waals surface area (Å²) in [4.78, 5) is 0. The minimum atomic E-state index is 0. The molecule has 0 bridgehead atoms. The Hall–Kier alpha value is 1.14. The van der Waals surface area contributed by atoms with Gasteiger partial charge in [-0.1, -0.05) is 0 Å². The average molecular weight is 91.1 g/mol. The van der Waals surface area contributed by atoms with E-state index in [-0.39, 0.29) is 54.8 Å². The van der Waals surface area contributed by atoms with Crippen LogP contribution in [0.15, 0.2) is 0 Å². The summed E-state index contributed by atoms with van der Waals surface area (Å²) in [5.41, 5.74) is 0. The van der Waals surface area contributed by atoms with Crippen molar-refractivity contribution in [2.24, 2.45) is 0 Å². The van der Waals surface area contributed by atoms with Gasteiger partial charge in [0, 0.05) is 0 Å². The van der Waals surface area contributed by atoms with Crippen molar-refractivity contribution in [2.45, 2.75) is 0 Å². The second kappa shape index (κ2) is 31.4. The van der Waals surface area contributed by atoms with E-state index in [1.807, 2.05) is 0 Å². The van der Waals surface area contributed by atoms with Crippen LogP contribution in [0.5, 0.6) is 0 Å². The van der Waals surface area contributed by atoms with Crippen molar-refractivity contribution in [1.82, 2.24) is 6.15 Å². The smallest absolute Gasteiger partial charge is 2.00 e. The summed E-state index contributed by atoms with van der Waals surface area (Å²) in [6.07, 6.45) is 0. The molecule has 0 aromatic carbocycles. The van der Waals surface area contributed by atoms with Gasteiger partial charge in [-0.3, -0.25) is 0 Å². The van der Waals surface area contributed by atoms with Gasteiger partial charge in [-0.05, 0) is 0 Å². The van der Waals surface area contributed by atoms with Crippen molar-refractivity contribution in [3.05, 3.63) is 0 Å². The van der Waals surface area contributed by atoms with E-state index < -0.39 is 0 Å². The van der Waals surface area contributed by atoms with E-state index in [2.05, 4.69) is 0 Å². The van der Waals surface area contributed by atoms with Gasteiger partial charge in [-0.15, -0.1) is 0 Å². The van der Waals surface area contributed by atoms with Crippen LogP contribution in [0.25, 0.3) is 0 Å². The van der Waals surface area contributed by atoms with E-state index in [0.29, 0.717) is 0 Å². The molecule has 0 radical (unpaired) electrons. The fourth-order valence-electron chi connectivity index (χ4n) is 0. The Morgan fingerprint density at radius 3 is 1.00 bits per heavy atom. The summed E-state index contributed by atoms with van der Waals surface area (Å²) in [5.74, 6) is 0. The normalized spacial score (nSPS) is 0. The molecule has 0 aromatic rings. The van der Waals surface area contributed by atoms with E-state index >= 15 is 0 Å². The van der Waals surface area contributed by atoms with Crippen molar-refractivity contribution in [1.29, 1.82) is 0 Å². The molecule has 0 saturated carbocycles. The maximum Gasteiger partial charge on any atom is 2.00 e. The first-order chi connectivity index (χ1) is 0. The van der Waals surface area contributed by atoms with Gasteiger partial charge in [-0.2, -0.15) is 0 Å². The van der Waals surface area contributed by atoms with Crippen molar-refractivity contribution in [3.63, 3.8) is 0 Å². The van der Waals surface area contributed by atoms with Crippen LogP contribution in [0.4, 0.5) is 0 Å². The maximum atomic E-state index is 0. The Labute approximate surface area is 54.6 Å². The first kappa shape index (κ1) is 67.8. The summed E-state index contributed by atoms with van der Waals surface area (Å²) >= 11 is 0. The van der Waals surface area contributed by atoms with Crippen LogP contribution in [0.3, 0.4) is 0 Å². The summed E-state index contributed by atoms with van der Waals surface area (Å²) in [6, 6.07) is 0. The molecule has 4 heteroatoms. The van der Waals surface area contributed by atoms with Gasteiger partial charge in [0.1, 0.15) is 0 Å². The SMILES string of the molecule is N.O.[Ca+2].[O-2]. The first-order valence-electron chi connectivity index (χ1n) is 0. The average Bonchev–Trinajstić information content (AvgIpc) is 0. The van der Waals surface area contributed by atoms with Crippen molar-refractivity contribution in [3.8, 4) is 0 Å². The largest absolute Gasteiger partial charge is 2.00 e. The maximum absolute atomic E-state index is 0. The molecule has 0 spiro atoms. The topological polar surface area (TPSA) is 95.0 Å². The zero-order valence-electron chi connectivity index (χ0n) is 2.32. The Morgan fingerprint density at radius 1 is 1.00 bits per heavy atom. The molecule has 0 amide bonds. The van der Waals surface area contributed by atoms with E-state index in [9.17, 15) is 0 Å². The van der Waals surface area contributed by atoms with Gasteiger partial charge in [0.05, 0.1) is 0 Å². The van der Waals surface area contributed by atoms with Crippen LogP contribution < -0.4 is 6.15 Å². The summed E-state index contributed by atoms with van der Waals surface area (Å²) < 4.78 is 0. The molecule has 0 aliphatic heterocycles. The third-order valence-corrected chi connectivity index (χ3v) is 0. The van der Waals surface area contributed by atoms with E-state index in [1.54, 1.807) is 0 Å².